The van der Waals surface area contributed by atoms with E-state index in [0.29, 0.717) is 18.8 Å². The fourth-order valence-electron chi connectivity index (χ4n) is 2.11. The fraction of sp³-hybridized carbons (Fsp3) is 0.500. The van der Waals surface area contributed by atoms with Gasteiger partial charge in [0.2, 0.25) is 0 Å². The van der Waals surface area contributed by atoms with Crippen LogP contribution in [0.4, 0.5) is 4.79 Å². The number of rotatable bonds is 4. The molecule has 0 bridgehead atoms. The average molecular weight is 376 g/mol. The summed E-state index contributed by atoms with van der Waals surface area (Å²) in [5.41, 5.74) is 5.54. The summed E-state index contributed by atoms with van der Waals surface area (Å²) in [5.74, 6) is 0.542. The van der Waals surface area contributed by atoms with Crippen LogP contribution in [0.5, 0.6) is 0 Å². The molecule has 1 aromatic heterocycles. The topological polar surface area (TPSA) is 127 Å². The molecule has 0 radical (unpaired) electrons. The minimum Gasteiger partial charge on any atom is -0.443 e. The van der Waals surface area contributed by atoms with Crippen LogP contribution in [0.25, 0.3) is 0 Å². The lowest BCUT2D eigenvalue weighted by molar-refractivity contribution is -0.112. The van der Waals surface area contributed by atoms with E-state index in [9.17, 15) is 9.59 Å². The summed E-state index contributed by atoms with van der Waals surface area (Å²) in [6, 6.07) is -0.441. The van der Waals surface area contributed by atoms with E-state index in [1.54, 1.807) is 27.0 Å². The van der Waals surface area contributed by atoms with Crippen molar-refractivity contribution < 1.29 is 14.3 Å². The molecule has 1 aromatic rings. The Morgan fingerprint density at radius 2 is 2.19 bits per heavy atom. The molecular formula is C18H28N6O3. The van der Waals surface area contributed by atoms with Crippen molar-refractivity contribution >= 4 is 12.4 Å². The number of tetrazole rings is 1. The van der Waals surface area contributed by atoms with Crippen LogP contribution in [0.3, 0.4) is 0 Å². The molecule has 1 atom stereocenters. The third kappa shape index (κ3) is 8.41. The monoisotopic (exact) mass is 376 g/mol. The number of carbonyl (C=O) groups excluding carboxylic acids is 2. The first-order valence-electron chi connectivity index (χ1n) is 8.69. The van der Waals surface area contributed by atoms with Gasteiger partial charge in [0.25, 0.3) is 0 Å². The van der Waals surface area contributed by atoms with Gasteiger partial charge >= 0.3 is 6.09 Å². The van der Waals surface area contributed by atoms with Crippen molar-refractivity contribution in [2.75, 3.05) is 0 Å². The summed E-state index contributed by atoms with van der Waals surface area (Å²) >= 11 is 0. The van der Waals surface area contributed by atoms with E-state index in [4.69, 9.17) is 10.5 Å². The number of hydrogen-bond acceptors (Lipinski definition) is 7. The number of nitrogens with two attached hydrogens (primary N) is 1. The van der Waals surface area contributed by atoms with Crippen molar-refractivity contribution in [2.24, 2.45) is 5.73 Å². The number of nitrogens with one attached hydrogen (secondary N) is 1. The van der Waals surface area contributed by atoms with Crippen molar-refractivity contribution in [3.63, 3.8) is 0 Å². The summed E-state index contributed by atoms with van der Waals surface area (Å²) in [5, 5.41) is 12.7. The van der Waals surface area contributed by atoms with Gasteiger partial charge < -0.3 is 15.3 Å². The molecule has 0 aromatic carbocycles. The van der Waals surface area contributed by atoms with Crippen LogP contribution < -0.4 is 5.73 Å². The maximum absolute atomic E-state index is 12.1. The van der Waals surface area contributed by atoms with E-state index >= 15 is 0 Å². The van der Waals surface area contributed by atoms with E-state index in [-0.39, 0.29) is 0 Å². The van der Waals surface area contributed by atoms with Crippen LogP contribution in [0.2, 0.25) is 0 Å². The highest BCUT2D eigenvalue weighted by Crippen LogP contribution is 2.23. The Bertz CT molecular complexity index is 674. The third-order valence-corrected chi connectivity index (χ3v) is 3.34. The number of hydrogen-bond donors (Lipinski definition) is 2. The lowest BCUT2D eigenvalue weighted by Crippen LogP contribution is -2.42. The zero-order chi connectivity index (χ0) is 20.3. The molecule has 2 heterocycles. The van der Waals surface area contributed by atoms with Gasteiger partial charge in [0, 0.05) is 6.20 Å². The van der Waals surface area contributed by atoms with Gasteiger partial charge in [-0.15, -0.1) is 10.2 Å². The van der Waals surface area contributed by atoms with Crippen LogP contribution in [-0.2, 0) is 16.1 Å². The van der Waals surface area contributed by atoms with Crippen molar-refractivity contribution in [2.45, 2.75) is 58.7 Å². The van der Waals surface area contributed by atoms with Crippen molar-refractivity contribution in [3.05, 3.63) is 41.9 Å². The normalized spacial score (nSPS) is 17.4. The van der Waals surface area contributed by atoms with E-state index in [0.717, 1.165) is 18.3 Å². The van der Waals surface area contributed by atoms with Gasteiger partial charge in [0.15, 0.2) is 5.82 Å². The Morgan fingerprint density at radius 1 is 1.44 bits per heavy atom. The molecule has 2 rings (SSSR count). The molecule has 0 spiro atoms. The largest absolute Gasteiger partial charge is 0.443 e. The van der Waals surface area contributed by atoms with E-state index in [2.05, 4.69) is 20.6 Å². The Kier molecular flexibility index (Phi) is 9.07. The first kappa shape index (κ1) is 22.2. The second-order valence-corrected chi connectivity index (χ2v) is 6.75. The number of carbonyl (C=O) groups is 2. The zero-order valence-corrected chi connectivity index (χ0v) is 16.3. The maximum Gasteiger partial charge on any atom is 0.415 e. The predicted octanol–water partition coefficient (Wildman–Crippen LogP) is 2.26. The summed E-state index contributed by atoms with van der Waals surface area (Å²) in [6.07, 6.45) is 11.1. The highest BCUT2D eigenvalue weighted by atomic mass is 16.6. The molecule has 27 heavy (non-hydrogen) atoms. The average Bonchev–Trinajstić information content (AvgIpc) is 3.15. The second kappa shape index (κ2) is 11.0. The molecule has 1 unspecified atom stereocenters. The first-order valence-corrected chi connectivity index (χ1v) is 8.69. The minimum atomic E-state index is -0.573. The van der Waals surface area contributed by atoms with Gasteiger partial charge in [-0.25, -0.2) is 4.79 Å². The maximum atomic E-state index is 12.1. The minimum absolute atomic E-state index is 0.344. The molecular weight excluding hydrogens is 348 g/mol. The molecule has 0 aliphatic carbocycles. The molecule has 3 N–H and O–H groups in total. The molecule has 9 heteroatoms. The lowest BCUT2D eigenvalue weighted by Gasteiger charge is -2.31. The molecule has 0 saturated carbocycles. The third-order valence-electron chi connectivity index (χ3n) is 3.34. The van der Waals surface area contributed by atoms with Crippen LogP contribution in [0.1, 0.15) is 46.4 Å². The number of allylic oxidation sites excluding steroid dienone is 5. The number of aldehydes is 1. The Hall–Kier alpha value is -2.81. The zero-order valence-electron chi connectivity index (χ0n) is 16.3. The molecule has 148 valence electrons. The second-order valence-electron chi connectivity index (χ2n) is 6.75. The Labute approximate surface area is 159 Å². The standard InChI is InChI=1S/C16H23NO3.C2H5N5/c1-5-6-7-8-13-9-10-14(12-18)17(11-13)15(19)20-16(2,3)4;3-1-2-4-6-7-5-2/h5-8,11-12,14H,9-10H2,1-4H3;1,3H2,(H,4,5,6,7)/b6-5-,8-7-;. The van der Waals surface area contributed by atoms with Gasteiger partial charge in [-0.1, -0.05) is 29.5 Å². The van der Waals surface area contributed by atoms with E-state index in [1.165, 1.54) is 4.90 Å². The van der Waals surface area contributed by atoms with Crippen LogP contribution in [0.15, 0.2) is 36.1 Å². The van der Waals surface area contributed by atoms with E-state index < -0.39 is 17.7 Å². The smallest absolute Gasteiger partial charge is 0.415 e. The summed E-state index contributed by atoms with van der Waals surface area (Å²) < 4.78 is 5.33. The van der Waals surface area contributed by atoms with Crippen LogP contribution >= 0.6 is 0 Å². The number of amides is 1. The van der Waals surface area contributed by atoms with Gasteiger partial charge in [0.05, 0.1) is 12.6 Å². The summed E-state index contributed by atoms with van der Waals surface area (Å²) in [6.45, 7) is 7.70. The predicted molar refractivity (Wildman–Crippen MR) is 101 cm³/mol. The van der Waals surface area contributed by atoms with Crippen LogP contribution in [-0.4, -0.2) is 49.5 Å². The van der Waals surface area contributed by atoms with Gasteiger partial charge in [0.1, 0.15) is 11.9 Å². The van der Waals surface area contributed by atoms with E-state index in [1.807, 2.05) is 31.2 Å². The van der Waals surface area contributed by atoms with Crippen molar-refractivity contribution in [1.29, 1.82) is 0 Å². The van der Waals surface area contributed by atoms with Gasteiger partial charge in [-0.3, -0.25) is 4.90 Å². The lowest BCUT2D eigenvalue weighted by atomic mass is 10.0. The first-order chi connectivity index (χ1) is 12.8. The molecule has 1 aliphatic heterocycles. The van der Waals surface area contributed by atoms with Crippen LogP contribution in [0, 0.1) is 0 Å². The van der Waals surface area contributed by atoms with Gasteiger partial charge in [-0.2, -0.15) is 5.21 Å². The summed E-state index contributed by atoms with van der Waals surface area (Å²) in [4.78, 5) is 24.6. The Morgan fingerprint density at radius 3 is 2.67 bits per heavy atom. The molecule has 0 fully saturated rings. The number of ether oxygens (including phenoxy) is 1. The van der Waals surface area contributed by atoms with Gasteiger partial charge in [-0.05, 0) is 46.1 Å². The highest BCUT2D eigenvalue weighted by Gasteiger charge is 2.29. The Balaban J connectivity index is 0.000000433. The fourth-order valence-corrected chi connectivity index (χ4v) is 2.11. The molecule has 0 saturated heterocycles. The number of aromatic nitrogens is 4. The summed E-state index contributed by atoms with van der Waals surface area (Å²) in [7, 11) is 0. The molecule has 1 amide bonds. The highest BCUT2D eigenvalue weighted by molar-refractivity contribution is 5.75. The number of aromatic amines is 1. The number of H-pyrrole nitrogens is 1. The van der Waals surface area contributed by atoms with Crippen molar-refractivity contribution in [1.82, 2.24) is 25.5 Å². The van der Waals surface area contributed by atoms with Crippen molar-refractivity contribution in [3.8, 4) is 0 Å². The number of nitrogens with zero attached hydrogens (tertiary/aromatic N) is 4. The quantitative estimate of drug-likeness (QED) is 0.609. The molecule has 1 aliphatic rings. The molecule has 9 nitrogen and oxygen atoms in total. The SMILES string of the molecule is C/C=C\C=C/C1=CN(C(=O)OC(C)(C)C)C(C=O)CC1.NCc1nn[nH]n1.